The molecular formula is C26H60N2O6S2Si2. The lowest BCUT2D eigenvalue weighted by Gasteiger charge is -2.30. The first-order valence-corrected chi connectivity index (χ1v) is 21.3. The van der Waals surface area contributed by atoms with Gasteiger partial charge in [0.05, 0.1) is 13.2 Å². The number of hydrogen-bond donors (Lipinski definition) is 0. The minimum absolute atomic E-state index is 0.627. The van der Waals surface area contributed by atoms with Gasteiger partial charge >= 0.3 is 17.6 Å². The van der Waals surface area contributed by atoms with Gasteiger partial charge in [-0.3, -0.25) is 0 Å². The summed E-state index contributed by atoms with van der Waals surface area (Å²) in [4.78, 5) is 4.74. The van der Waals surface area contributed by atoms with E-state index in [1.165, 1.54) is 0 Å². The van der Waals surface area contributed by atoms with Crippen LogP contribution < -0.4 is 0 Å². The van der Waals surface area contributed by atoms with E-state index in [0.717, 1.165) is 75.7 Å². The van der Waals surface area contributed by atoms with Crippen LogP contribution in [0, 0.1) is 0 Å². The third-order valence-corrected chi connectivity index (χ3v) is 14.9. The average molecular weight is 617 g/mol. The Labute approximate surface area is 245 Å². The van der Waals surface area contributed by atoms with Gasteiger partial charge in [0, 0.05) is 63.1 Å². The van der Waals surface area contributed by atoms with Crippen molar-refractivity contribution in [3.05, 3.63) is 0 Å². The molecule has 0 N–H and O–H groups in total. The molecule has 0 aliphatic heterocycles. The molecule has 0 rings (SSSR count). The zero-order chi connectivity index (χ0) is 28.5. The Morgan fingerprint density at radius 2 is 0.789 bits per heavy atom. The Kier molecular flexibility index (Phi) is 26.1. The molecule has 0 saturated heterocycles. The fraction of sp³-hybridized carbons (Fsp3) is 1.00. The van der Waals surface area contributed by atoms with Crippen molar-refractivity contribution in [1.82, 2.24) is 9.80 Å². The van der Waals surface area contributed by atoms with Gasteiger partial charge < -0.3 is 36.4 Å². The van der Waals surface area contributed by atoms with Gasteiger partial charge in [0.25, 0.3) is 0 Å². The summed E-state index contributed by atoms with van der Waals surface area (Å²) in [5.41, 5.74) is 0. The lowest BCUT2D eigenvalue weighted by Crippen LogP contribution is -2.47. The number of likely N-dealkylation sites (N-methyl/N-ethyl adjacent to an activating group) is 2. The summed E-state index contributed by atoms with van der Waals surface area (Å²) < 4.78 is 37.2. The predicted molar refractivity (Wildman–Crippen MR) is 169 cm³/mol. The van der Waals surface area contributed by atoms with E-state index in [2.05, 4.69) is 37.5 Å². The van der Waals surface area contributed by atoms with Crippen molar-refractivity contribution in [3.63, 3.8) is 0 Å². The van der Waals surface area contributed by atoms with E-state index in [1.54, 1.807) is 0 Å². The van der Waals surface area contributed by atoms with Crippen LogP contribution >= 0.6 is 21.6 Å². The molecule has 0 aliphatic carbocycles. The molecule has 0 unspecified atom stereocenters. The van der Waals surface area contributed by atoms with Crippen LogP contribution in [-0.2, 0) is 26.6 Å². The minimum Gasteiger partial charge on any atom is -0.374 e. The molecule has 38 heavy (non-hydrogen) atoms. The first-order valence-electron chi connectivity index (χ1n) is 15.0. The van der Waals surface area contributed by atoms with Gasteiger partial charge in [-0.1, -0.05) is 49.3 Å². The maximum atomic E-state index is 6.33. The normalized spacial score (nSPS) is 12.8. The Morgan fingerprint density at radius 1 is 0.474 bits per heavy atom. The maximum absolute atomic E-state index is 6.33. The first kappa shape index (κ1) is 38.8. The van der Waals surface area contributed by atoms with Crippen LogP contribution in [0.1, 0.15) is 68.2 Å². The quantitative estimate of drug-likeness (QED) is 0.0578. The third-order valence-electron chi connectivity index (χ3n) is 6.21. The van der Waals surface area contributed by atoms with E-state index in [4.69, 9.17) is 26.6 Å². The van der Waals surface area contributed by atoms with Crippen LogP contribution in [0.2, 0.25) is 12.1 Å². The van der Waals surface area contributed by atoms with E-state index in [-0.39, 0.29) is 0 Å². The molecular weight excluding hydrogens is 557 g/mol. The summed E-state index contributed by atoms with van der Waals surface area (Å²) >= 11 is 0. The van der Waals surface area contributed by atoms with Crippen LogP contribution in [0.5, 0.6) is 0 Å². The van der Waals surface area contributed by atoms with Gasteiger partial charge in [0.1, 0.15) is 0 Å². The van der Waals surface area contributed by atoms with Crippen molar-refractivity contribution < 1.29 is 26.6 Å². The summed E-state index contributed by atoms with van der Waals surface area (Å²) in [6.45, 7) is 26.7. The lowest BCUT2D eigenvalue weighted by atomic mass is 10.5. The standard InChI is InChI=1S/C26H60N2O6S2Si2/c1-9-27(10-2)19-21-33-37(29-13-5,30-14-6)25-17-23-35-36-24-18-26-38(31-15-7,32-16-8)34-22-20-28(11-3)12-4/h9-26H2,1-8H3. The fourth-order valence-electron chi connectivity index (χ4n) is 4.12. The van der Waals surface area contributed by atoms with E-state index < -0.39 is 17.6 Å². The van der Waals surface area contributed by atoms with Crippen molar-refractivity contribution in [2.24, 2.45) is 0 Å². The van der Waals surface area contributed by atoms with Gasteiger partial charge in [-0.25, -0.2) is 0 Å². The molecule has 230 valence electrons. The van der Waals surface area contributed by atoms with Crippen LogP contribution in [0.4, 0.5) is 0 Å². The Bertz CT molecular complexity index is 468. The van der Waals surface area contributed by atoms with E-state index in [9.17, 15) is 0 Å². The minimum atomic E-state index is -2.63. The third kappa shape index (κ3) is 17.6. The van der Waals surface area contributed by atoms with Gasteiger partial charge in [0.15, 0.2) is 0 Å². The largest absolute Gasteiger partial charge is 0.501 e. The zero-order valence-electron chi connectivity index (χ0n) is 25.9. The second-order valence-electron chi connectivity index (χ2n) is 8.70. The van der Waals surface area contributed by atoms with Crippen LogP contribution in [0.25, 0.3) is 0 Å². The van der Waals surface area contributed by atoms with Crippen molar-refractivity contribution in [2.75, 3.05) is 90.4 Å². The summed E-state index contributed by atoms with van der Waals surface area (Å²) in [5.74, 6) is 2.11. The monoisotopic (exact) mass is 616 g/mol. The Morgan fingerprint density at radius 3 is 1.05 bits per heavy atom. The Balaban J connectivity index is 4.54. The highest BCUT2D eigenvalue weighted by atomic mass is 33.1. The average Bonchev–Trinajstić information content (AvgIpc) is 2.91. The van der Waals surface area contributed by atoms with Gasteiger partial charge in [-0.05, 0) is 66.7 Å². The summed E-state index contributed by atoms with van der Waals surface area (Å²) in [6.07, 6.45) is 2.06. The lowest BCUT2D eigenvalue weighted by molar-refractivity contribution is 0.0585. The van der Waals surface area contributed by atoms with Gasteiger partial charge in [-0.2, -0.15) is 0 Å². The summed E-state index contributed by atoms with van der Waals surface area (Å²) in [6, 6.07) is 1.73. The molecule has 0 aromatic rings. The maximum Gasteiger partial charge on any atom is 0.501 e. The SMILES string of the molecule is CCO[Si](CCCSSCCC[Si](OCC)(OCC)OCCN(CC)CC)(OCC)OCCN(CC)CC. The van der Waals surface area contributed by atoms with Crippen LogP contribution in [0.15, 0.2) is 0 Å². The molecule has 0 bridgehead atoms. The van der Waals surface area contributed by atoms with Gasteiger partial charge in [0.2, 0.25) is 0 Å². The fourth-order valence-corrected chi connectivity index (χ4v) is 12.0. The van der Waals surface area contributed by atoms with E-state index in [1.807, 2.05) is 49.3 Å². The van der Waals surface area contributed by atoms with Crippen molar-refractivity contribution in [1.29, 1.82) is 0 Å². The molecule has 0 saturated carbocycles. The molecule has 0 radical (unpaired) electrons. The second kappa shape index (κ2) is 25.5. The highest BCUT2D eigenvalue weighted by Crippen LogP contribution is 2.28. The topological polar surface area (TPSA) is 61.9 Å². The van der Waals surface area contributed by atoms with Crippen LogP contribution in [-0.4, -0.2) is 118 Å². The molecule has 0 heterocycles. The van der Waals surface area contributed by atoms with Crippen molar-refractivity contribution in [3.8, 4) is 0 Å². The molecule has 0 aromatic carbocycles. The number of hydrogen-bond acceptors (Lipinski definition) is 10. The zero-order valence-corrected chi connectivity index (χ0v) is 29.5. The highest BCUT2D eigenvalue weighted by Gasteiger charge is 2.41. The second-order valence-corrected chi connectivity index (χ2v) is 16.9. The van der Waals surface area contributed by atoms with Gasteiger partial charge in [-0.15, -0.1) is 0 Å². The highest BCUT2D eigenvalue weighted by molar-refractivity contribution is 8.76. The molecule has 12 heteroatoms. The number of rotatable bonds is 29. The molecule has 0 aliphatic rings. The molecule has 8 nitrogen and oxygen atoms in total. The van der Waals surface area contributed by atoms with Crippen molar-refractivity contribution in [2.45, 2.75) is 80.3 Å². The molecule has 0 aromatic heterocycles. The summed E-state index contributed by atoms with van der Waals surface area (Å²) in [5, 5.41) is 0. The van der Waals surface area contributed by atoms with Crippen molar-refractivity contribution >= 4 is 39.2 Å². The number of nitrogens with zero attached hydrogens (tertiary/aromatic N) is 2. The van der Waals surface area contributed by atoms with E-state index in [0.29, 0.717) is 39.6 Å². The molecule has 0 fully saturated rings. The van der Waals surface area contributed by atoms with E-state index >= 15 is 0 Å². The first-order chi connectivity index (χ1) is 18.4. The molecule has 0 amide bonds. The molecule has 0 atom stereocenters. The predicted octanol–water partition coefficient (Wildman–Crippen LogP) is 5.89. The summed E-state index contributed by atoms with van der Waals surface area (Å²) in [7, 11) is -1.42. The Hall–Kier alpha value is 0.814. The smallest absolute Gasteiger partial charge is 0.374 e. The van der Waals surface area contributed by atoms with Crippen LogP contribution in [0.3, 0.4) is 0 Å². The molecule has 0 spiro atoms.